The third-order valence-corrected chi connectivity index (χ3v) is 4.45. The lowest BCUT2D eigenvalue weighted by molar-refractivity contribution is 0.0685. The Labute approximate surface area is 109 Å². The molecule has 0 bridgehead atoms. The van der Waals surface area contributed by atoms with E-state index in [2.05, 4.69) is 0 Å². The fourth-order valence-corrected chi connectivity index (χ4v) is 2.70. The number of aromatic carboxylic acids is 1. The number of hydrogen-bond donors (Lipinski definition) is 1. The van der Waals surface area contributed by atoms with Crippen LogP contribution in [0.25, 0.3) is 0 Å². The van der Waals surface area contributed by atoms with E-state index in [4.69, 9.17) is 14.6 Å². The fourth-order valence-electron chi connectivity index (χ4n) is 1.43. The van der Waals surface area contributed by atoms with E-state index in [9.17, 15) is 13.2 Å². The summed E-state index contributed by atoms with van der Waals surface area (Å²) in [6, 6.07) is 2.33. The number of benzene rings is 1. The molecule has 1 N–H and O–H groups in total. The molecule has 0 radical (unpaired) electrons. The van der Waals surface area contributed by atoms with Crippen LogP contribution in [0, 0.1) is 0 Å². The Morgan fingerprint density at radius 2 is 1.94 bits per heavy atom. The number of hydrogen-bond acceptors (Lipinski definition) is 5. The second-order valence-electron chi connectivity index (χ2n) is 3.24. The number of fused-ring (bicyclic) bond motifs is 1. The van der Waals surface area contributed by atoms with Gasteiger partial charge in [-0.15, -0.1) is 0 Å². The van der Waals surface area contributed by atoms with Gasteiger partial charge in [0.2, 0.25) is 7.01 Å². The van der Waals surface area contributed by atoms with Crippen LogP contribution in [0.3, 0.4) is 0 Å². The zero-order valence-corrected chi connectivity index (χ0v) is 11.3. The van der Waals surface area contributed by atoms with Gasteiger partial charge in [0.1, 0.15) is 18.8 Å². The maximum atomic E-state index is 11.4. The molecule has 0 unspecified atom stereocenters. The van der Waals surface area contributed by atoms with E-state index in [1.165, 1.54) is 27.3 Å². The minimum Gasteiger partial charge on any atom is -0.486 e. The van der Waals surface area contributed by atoms with Crippen molar-refractivity contribution in [2.24, 2.45) is 0 Å². The summed E-state index contributed by atoms with van der Waals surface area (Å²) in [6.07, 6.45) is 0. The summed E-state index contributed by atoms with van der Waals surface area (Å²) in [6.45, 7) is 0.500. The van der Waals surface area contributed by atoms with Crippen molar-refractivity contribution >= 4 is 34.2 Å². The van der Waals surface area contributed by atoms with Gasteiger partial charge in [-0.05, 0) is 6.07 Å². The first-order chi connectivity index (χ1) is 7.89. The Morgan fingerprint density at radius 3 is 2.53 bits per heavy atom. The number of halogens is 1. The van der Waals surface area contributed by atoms with Gasteiger partial charge in [0.15, 0.2) is 11.5 Å². The van der Waals surface area contributed by atoms with E-state index in [0.29, 0.717) is 0 Å². The monoisotopic (exact) mass is 370 g/mol. The molecule has 92 valence electrons. The molecule has 6 nitrogen and oxygen atoms in total. The topological polar surface area (TPSA) is 89.9 Å². The Morgan fingerprint density at radius 1 is 1.29 bits per heavy atom. The Balaban J connectivity index is 2.69. The van der Waals surface area contributed by atoms with Crippen LogP contribution in [-0.2, 0) is 7.01 Å². The lowest BCUT2D eigenvalue weighted by Gasteiger charge is -2.20. The minimum atomic E-state index is -3.52. The Kier molecular flexibility index (Phi) is 3.17. The highest BCUT2D eigenvalue weighted by molar-refractivity contribution is 14.2. The van der Waals surface area contributed by atoms with Gasteiger partial charge in [-0.2, -0.15) is 0 Å². The first-order valence-corrected chi connectivity index (χ1v) is 8.54. The molecule has 0 atom stereocenters. The maximum absolute atomic E-state index is 11.4. The lowest BCUT2D eigenvalue weighted by atomic mass is 10.2. The minimum absolute atomic E-state index is 0.0764. The zero-order valence-electron chi connectivity index (χ0n) is 8.34. The lowest BCUT2D eigenvalue weighted by Crippen LogP contribution is -2.18. The van der Waals surface area contributed by atoms with E-state index >= 15 is 0 Å². The van der Waals surface area contributed by atoms with Crippen molar-refractivity contribution in [2.75, 3.05) is 13.2 Å². The molecule has 1 heterocycles. The van der Waals surface area contributed by atoms with E-state index in [0.717, 1.165) is 6.07 Å². The van der Waals surface area contributed by atoms with E-state index < -0.39 is 13.0 Å². The summed E-state index contributed by atoms with van der Waals surface area (Å²) < 4.78 is 33.2. The maximum Gasteiger partial charge on any atom is 0.339 e. The van der Waals surface area contributed by atoms with Crippen LogP contribution in [-0.4, -0.2) is 32.7 Å². The summed E-state index contributed by atoms with van der Waals surface area (Å²) in [4.78, 5) is 10.9. The Hall–Kier alpha value is -1.03. The first-order valence-electron chi connectivity index (χ1n) is 4.51. The summed E-state index contributed by atoms with van der Waals surface area (Å²) in [5.41, 5.74) is -0.211. The molecule has 0 aromatic heterocycles. The quantitative estimate of drug-likeness (QED) is 0.623. The van der Waals surface area contributed by atoms with Gasteiger partial charge < -0.3 is 14.6 Å². The van der Waals surface area contributed by atoms with Gasteiger partial charge >= 0.3 is 5.97 Å². The molecule has 1 aromatic carbocycles. The number of carboxylic acid groups (broad SMARTS) is 1. The molecule has 1 aliphatic heterocycles. The van der Waals surface area contributed by atoms with Crippen LogP contribution in [0.4, 0.5) is 0 Å². The highest BCUT2D eigenvalue weighted by Gasteiger charge is 2.24. The average molecular weight is 370 g/mol. The number of carbonyl (C=O) groups is 1. The predicted octanol–water partition coefficient (Wildman–Crippen LogP) is 1.28. The van der Waals surface area contributed by atoms with Gasteiger partial charge in [-0.3, -0.25) is 0 Å². The van der Waals surface area contributed by atoms with Gasteiger partial charge in [0, 0.05) is 6.07 Å². The largest absolute Gasteiger partial charge is 0.486 e. The summed E-state index contributed by atoms with van der Waals surface area (Å²) in [5, 5.41) is 9.00. The van der Waals surface area contributed by atoms with Crippen LogP contribution in [0.15, 0.2) is 17.0 Å². The molecule has 0 saturated carbocycles. The van der Waals surface area contributed by atoms with Crippen LogP contribution >= 0.6 is 21.2 Å². The molecule has 2 rings (SSSR count). The zero-order chi connectivity index (χ0) is 12.6. The molecular formula is C9H7IO6S. The number of rotatable bonds is 2. The van der Waals surface area contributed by atoms with Crippen LogP contribution in [0.5, 0.6) is 11.5 Å². The molecule has 1 aromatic rings. The fraction of sp³-hybridized carbons (Fsp3) is 0.222. The molecule has 0 spiro atoms. The van der Waals surface area contributed by atoms with Crippen molar-refractivity contribution in [1.82, 2.24) is 0 Å². The predicted molar refractivity (Wildman–Crippen MR) is 65.6 cm³/mol. The summed E-state index contributed by atoms with van der Waals surface area (Å²) in [5.74, 6) is -1.03. The molecular weight excluding hydrogens is 363 g/mol. The number of carboxylic acids is 1. The standard InChI is InChI=1S/C9H7IO6S/c10-17(13,14)5-3-6(9(11)12)8-7(4-5)15-1-2-16-8/h3-4H,1-2H2,(H,11,12). The average Bonchev–Trinajstić information content (AvgIpc) is 2.26. The van der Waals surface area contributed by atoms with Gasteiger partial charge in [0.05, 0.1) is 26.1 Å². The molecule has 0 amide bonds. The smallest absolute Gasteiger partial charge is 0.339 e. The van der Waals surface area contributed by atoms with Crippen molar-refractivity contribution < 1.29 is 27.8 Å². The second-order valence-corrected chi connectivity index (χ2v) is 8.06. The van der Waals surface area contributed by atoms with Gasteiger partial charge in [-0.25, -0.2) is 13.2 Å². The molecule has 1 aliphatic rings. The molecule has 0 fully saturated rings. The Bertz CT molecular complexity index is 579. The molecule has 8 heteroatoms. The van der Waals surface area contributed by atoms with E-state index in [1.54, 1.807) is 0 Å². The van der Waals surface area contributed by atoms with Crippen LogP contribution in [0.2, 0.25) is 0 Å². The highest BCUT2D eigenvalue weighted by atomic mass is 127. The van der Waals surface area contributed by atoms with Gasteiger partial charge in [-0.1, -0.05) is 0 Å². The van der Waals surface area contributed by atoms with Crippen molar-refractivity contribution in [3.63, 3.8) is 0 Å². The normalized spacial score (nSPS) is 14.4. The third kappa shape index (κ3) is 2.46. The molecule has 0 aliphatic carbocycles. The van der Waals surface area contributed by atoms with Crippen LogP contribution < -0.4 is 9.47 Å². The van der Waals surface area contributed by atoms with Crippen molar-refractivity contribution in [3.05, 3.63) is 17.7 Å². The SMILES string of the molecule is O=C(O)c1cc(S(=O)(=O)I)cc2c1OCCO2. The third-order valence-electron chi connectivity index (χ3n) is 2.13. The van der Waals surface area contributed by atoms with Crippen LogP contribution in [0.1, 0.15) is 10.4 Å². The summed E-state index contributed by atoms with van der Waals surface area (Å²) in [7, 11) is -3.52. The van der Waals surface area contributed by atoms with Crippen molar-refractivity contribution in [1.29, 1.82) is 0 Å². The molecule has 17 heavy (non-hydrogen) atoms. The van der Waals surface area contributed by atoms with Crippen molar-refractivity contribution in [3.8, 4) is 11.5 Å². The first kappa shape index (κ1) is 12.4. The van der Waals surface area contributed by atoms with E-state index in [-0.39, 0.29) is 35.2 Å². The molecule has 0 saturated heterocycles. The summed E-state index contributed by atoms with van der Waals surface area (Å²) >= 11 is 1.24. The van der Waals surface area contributed by atoms with E-state index in [1.807, 2.05) is 0 Å². The van der Waals surface area contributed by atoms with Crippen molar-refractivity contribution in [2.45, 2.75) is 4.90 Å². The second kappa shape index (κ2) is 4.33. The number of ether oxygens (including phenoxy) is 2. The van der Waals surface area contributed by atoms with Gasteiger partial charge in [0.25, 0.3) is 0 Å². The highest BCUT2D eigenvalue weighted by Crippen LogP contribution is 2.37.